The van der Waals surface area contributed by atoms with Gasteiger partial charge in [0.15, 0.2) is 0 Å². The van der Waals surface area contributed by atoms with Crippen molar-refractivity contribution in [3.63, 3.8) is 0 Å². The number of pyridine rings is 1. The molecule has 0 aliphatic rings. The minimum absolute atomic E-state index is 0.0104. The molecule has 4 aromatic rings. The average molecular weight is 387 g/mol. The Hall–Kier alpha value is -3.47. The van der Waals surface area contributed by atoms with E-state index in [0.717, 1.165) is 33.4 Å². The van der Waals surface area contributed by atoms with E-state index in [4.69, 9.17) is 0 Å². The molecule has 0 bridgehead atoms. The Balaban J connectivity index is 1.46. The molecule has 2 aromatic heterocycles. The van der Waals surface area contributed by atoms with E-state index in [1.807, 2.05) is 42.5 Å². The Morgan fingerprint density at radius 2 is 1.76 bits per heavy atom. The lowest BCUT2D eigenvalue weighted by Gasteiger charge is -2.07. The van der Waals surface area contributed by atoms with Crippen LogP contribution in [0.15, 0.2) is 72.9 Å². The number of rotatable bonds is 7. The number of aryl methyl sites for hydroxylation is 1. The molecule has 0 fully saturated rings. The van der Waals surface area contributed by atoms with Crippen molar-refractivity contribution in [2.24, 2.45) is 0 Å². The number of benzene rings is 2. The minimum atomic E-state index is -0.265. The number of nitrogens with one attached hydrogen (secondary N) is 2. The summed E-state index contributed by atoms with van der Waals surface area (Å²) in [4.78, 5) is 20.1. The van der Waals surface area contributed by atoms with Crippen LogP contribution in [0.5, 0.6) is 0 Å². The first-order valence-corrected chi connectivity index (χ1v) is 9.73. The van der Waals surface area contributed by atoms with Gasteiger partial charge in [0.05, 0.1) is 0 Å². The Labute approximate surface area is 168 Å². The summed E-state index contributed by atoms with van der Waals surface area (Å²) in [7, 11) is 0. The maximum Gasteiger partial charge on any atom is 0.220 e. The van der Waals surface area contributed by atoms with Crippen LogP contribution in [-0.2, 0) is 17.6 Å². The van der Waals surface area contributed by atoms with Gasteiger partial charge in [-0.3, -0.25) is 9.78 Å². The maximum atomic E-state index is 13.3. The van der Waals surface area contributed by atoms with Crippen molar-refractivity contribution in [1.82, 2.24) is 15.3 Å². The van der Waals surface area contributed by atoms with Crippen LogP contribution in [0.1, 0.15) is 17.7 Å². The number of aromatic amines is 1. The van der Waals surface area contributed by atoms with E-state index in [2.05, 4.69) is 15.3 Å². The molecule has 0 atom stereocenters. The number of para-hydroxylation sites is 1. The number of fused-ring (bicyclic) bond motifs is 1. The quantitative estimate of drug-likeness (QED) is 0.485. The lowest BCUT2D eigenvalue weighted by Crippen LogP contribution is -2.26. The highest BCUT2D eigenvalue weighted by molar-refractivity contribution is 5.91. The van der Waals surface area contributed by atoms with Gasteiger partial charge in [-0.2, -0.15) is 0 Å². The predicted molar refractivity (Wildman–Crippen MR) is 113 cm³/mol. The smallest absolute Gasteiger partial charge is 0.220 e. The molecule has 0 saturated carbocycles. The minimum Gasteiger partial charge on any atom is -0.356 e. The number of amides is 1. The fourth-order valence-corrected chi connectivity index (χ4v) is 3.53. The summed E-state index contributed by atoms with van der Waals surface area (Å²) >= 11 is 0. The normalized spacial score (nSPS) is 10.9. The SMILES string of the molecule is O=C(CCc1c(-c2ccc(F)cc2)[nH]c2ccccc12)NCCc1ccccn1. The number of carbonyl (C=O) groups excluding carboxylic acids is 1. The number of H-pyrrole nitrogens is 1. The van der Waals surface area contributed by atoms with Crippen molar-refractivity contribution in [2.75, 3.05) is 6.54 Å². The highest BCUT2D eigenvalue weighted by atomic mass is 19.1. The van der Waals surface area contributed by atoms with Crippen molar-refractivity contribution in [2.45, 2.75) is 19.3 Å². The highest BCUT2D eigenvalue weighted by Crippen LogP contribution is 2.31. The predicted octanol–water partition coefficient (Wildman–Crippen LogP) is 4.66. The average Bonchev–Trinajstić information content (AvgIpc) is 3.12. The monoisotopic (exact) mass is 387 g/mol. The maximum absolute atomic E-state index is 13.3. The summed E-state index contributed by atoms with van der Waals surface area (Å²) in [5.74, 6) is -0.255. The molecule has 1 amide bonds. The van der Waals surface area contributed by atoms with Crippen LogP contribution in [0.25, 0.3) is 22.2 Å². The van der Waals surface area contributed by atoms with Gasteiger partial charge in [-0.15, -0.1) is 0 Å². The molecule has 2 heterocycles. The first-order chi connectivity index (χ1) is 14.2. The first kappa shape index (κ1) is 18.9. The summed E-state index contributed by atoms with van der Waals surface area (Å²) in [5.41, 5.74) is 4.90. The first-order valence-electron chi connectivity index (χ1n) is 9.73. The standard InChI is InChI=1S/C24H22FN3O/c25-18-10-8-17(9-11-18)24-21(20-6-1-2-7-22(20)28-24)12-13-23(29)27-16-14-19-5-3-4-15-26-19/h1-11,15,28H,12-14,16H2,(H,27,29). The highest BCUT2D eigenvalue weighted by Gasteiger charge is 2.14. The fourth-order valence-electron chi connectivity index (χ4n) is 3.53. The van der Waals surface area contributed by atoms with Crippen LogP contribution < -0.4 is 5.32 Å². The zero-order valence-electron chi connectivity index (χ0n) is 16.0. The third-order valence-electron chi connectivity index (χ3n) is 4.98. The number of nitrogens with zero attached hydrogens (tertiary/aromatic N) is 1. The van der Waals surface area contributed by atoms with Crippen molar-refractivity contribution < 1.29 is 9.18 Å². The van der Waals surface area contributed by atoms with Gasteiger partial charge in [0.2, 0.25) is 5.91 Å². The van der Waals surface area contributed by atoms with Crippen LogP contribution >= 0.6 is 0 Å². The van der Waals surface area contributed by atoms with Gasteiger partial charge in [-0.1, -0.05) is 24.3 Å². The van der Waals surface area contributed by atoms with E-state index in [0.29, 0.717) is 25.8 Å². The van der Waals surface area contributed by atoms with Crippen molar-refractivity contribution >= 4 is 16.8 Å². The molecular weight excluding hydrogens is 365 g/mol. The molecule has 0 spiro atoms. The molecule has 0 aliphatic heterocycles. The van der Waals surface area contributed by atoms with Gasteiger partial charge in [0.1, 0.15) is 5.82 Å². The van der Waals surface area contributed by atoms with Gasteiger partial charge >= 0.3 is 0 Å². The summed E-state index contributed by atoms with van der Waals surface area (Å²) in [6.45, 7) is 0.564. The molecule has 0 unspecified atom stereocenters. The third kappa shape index (κ3) is 4.51. The molecule has 2 aromatic carbocycles. The molecule has 2 N–H and O–H groups in total. The lowest BCUT2D eigenvalue weighted by atomic mass is 10.0. The molecule has 4 nitrogen and oxygen atoms in total. The van der Waals surface area contributed by atoms with Crippen LogP contribution in [-0.4, -0.2) is 22.4 Å². The summed E-state index contributed by atoms with van der Waals surface area (Å²) < 4.78 is 13.3. The van der Waals surface area contributed by atoms with Gasteiger partial charge in [-0.05, 0) is 60.0 Å². The van der Waals surface area contributed by atoms with E-state index in [9.17, 15) is 9.18 Å². The summed E-state index contributed by atoms with van der Waals surface area (Å²) in [5, 5.41) is 4.06. The van der Waals surface area contributed by atoms with Gasteiger partial charge in [0.25, 0.3) is 0 Å². The van der Waals surface area contributed by atoms with Gasteiger partial charge in [0, 0.05) is 47.9 Å². The van der Waals surface area contributed by atoms with E-state index in [1.165, 1.54) is 12.1 Å². The van der Waals surface area contributed by atoms with Crippen LogP contribution in [0.2, 0.25) is 0 Å². The van der Waals surface area contributed by atoms with E-state index in [-0.39, 0.29) is 11.7 Å². The molecule has 0 saturated heterocycles. The lowest BCUT2D eigenvalue weighted by molar-refractivity contribution is -0.121. The zero-order chi connectivity index (χ0) is 20.1. The van der Waals surface area contributed by atoms with Gasteiger partial charge < -0.3 is 10.3 Å². The Morgan fingerprint density at radius 3 is 2.55 bits per heavy atom. The van der Waals surface area contributed by atoms with Crippen LogP contribution in [0, 0.1) is 5.82 Å². The Kier molecular flexibility index (Phi) is 5.66. The molecular formula is C24H22FN3O. The number of aromatic nitrogens is 2. The molecule has 5 heteroatoms. The second-order valence-electron chi connectivity index (χ2n) is 6.95. The van der Waals surface area contributed by atoms with E-state index >= 15 is 0 Å². The summed E-state index contributed by atoms with van der Waals surface area (Å²) in [6.07, 6.45) is 3.45. The Bertz CT molecular complexity index is 1100. The van der Waals surface area contributed by atoms with Crippen molar-refractivity contribution in [3.05, 3.63) is 90.0 Å². The number of carbonyl (C=O) groups is 1. The fraction of sp³-hybridized carbons (Fsp3) is 0.167. The third-order valence-corrected chi connectivity index (χ3v) is 4.98. The number of hydrogen-bond acceptors (Lipinski definition) is 2. The van der Waals surface area contributed by atoms with Gasteiger partial charge in [-0.25, -0.2) is 4.39 Å². The van der Waals surface area contributed by atoms with E-state index < -0.39 is 0 Å². The van der Waals surface area contributed by atoms with Crippen molar-refractivity contribution in [1.29, 1.82) is 0 Å². The van der Waals surface area contributed by atoms with Crippen LogP contribution in [0.3, 0.4) is 0 Å². The number of halogens is 1. The Morgan fingerprint density at radius 1 is 0.966 bits per heavy atom. The molecule has 0 aliphatic carbocycles. The van der Waals surface area contributed by atoms with Crippen LogP contribution in [0.4, 0.5) is 4.39 Å². The van der Waals surface area contributed by atoms with Crippen molar-refractivity contribution in [3.8, 4) is 11.3 Å². The molecule has 146 valence electrons. The molecule has 29 heavy (non-hydrogen) atoms. The largest absolute Gasteiger partial charge is 0.356 e. The molecule has 4 rings (SSSR count). The second kappa shape index (κ2) is 8.69. The number of hydrogen-bond donors (Lipinski definition) is 2. The summed E-state index contributed by atoms with van der Waals surface area (Å²) in [6, 6.07) is 20.2. The van der Waals surface area contributed by atoms with E-state index in [1.54, 1.807) is 18.3 Å². The molecule has 0 radical (unpaired) electrons. The topological polar surface area (TPSA) is 57.8 Å². The second-order valence-corrected chi connectivity index (χ2v) is 6.95. The zero-order valence-corrected chi connectivity index (χ0v) is 16.0.